The predicted molar refractivity (Wildman–Crippen MR) is 134 cm³/mol. The van der Waals surface area contributed by atoms with Crippen molar-refractivity contribution in [2.45, 2.75) is 57.4 Å². The maximum absolute atomic E-state index is 12.9. The van der Waals surface area contributed by atoms with Gasteiger partial charge in [-0.1, -0.05) is 31.4 Å². The van der Waals surface area contributed by atoms with Gasteiger partial charge < -0.3 is 14.8 Å². The average Bonchev–Trinajstić information content (AvgIpc) is 3.42. The summed E-state index contributed by atoms with van der Waals surface area (Å²) in [5, 5.41) is 12.6. The first kappa shape index (κ1) is 23.4. The summed E-state index contributed by atoms with van der Waals surface area (Å²) in [5.74, 6) is -0.431. The number of likely N-dealkylation sites (tertiary alicyclic amines) is 1. The zero-order valence-electron chi connectivity index (χ0n) is 19.9. The zero-order valence-corrected chi connectivity index (χ0v) is 19.9. The lowest BCUT2D eigenvalue weighted by atomic mass is 9.95. The summed E-state index contributed by atoms with van der Waals surface area (Å²) < 4.78 is 1.91. The van der Waals surface area contributed by atoms with Crippen LogP contribution in [0.1, 0.15) is 66.9 Å². The van der Waals surface area contributed by atoms with Crippen LogP contribution in [-0.4, -0.2) is 50.2 Å². The molecule has 9 nitrogen and oxygen atoms in total. The molecule has 1 saturated heterocycles. The molecule has 1 aliphatic heterocycles. The van der Waals surface area contributed by atoms with E-state index < -0.39 is 11.3 Å². The van der Waals surface area contributed by atoms with Gasteiger partial charge in [-0.25, -0.2) is 10.5 Å². The van der Waals surface area contributed by atoms with Gasteiger partial charge in [-0.2, -0.15) is 4.98 Å². The van der Waals surface area contributed by atoms with E-state index in [4.69, 9.17) is 5.21 Å². The highest BCUT2D eigenvalue weighted by molar-refractivity contribution is 5.96. The molecule has 0 bridgehead atoms. The van der Waals surface area contributed by atoms with Crippen LogP contribution in [0.4, 0.5) is 11.6 Å². The highest BCUT2D eigenvalue weighted by Gasteiger charge is 2.22. The normalized spacial score (nSPS) is 17.1. The maximum Gasteiger partial charge on any atom is 0.280 e. The first-order valence-corrected chi connectivity index (χ1v) is 12.6. The number of nitrogens with one attached hydrogen (secondary N) is 2. The standard InChI is InChI=1S/C26H32N6O3/c33-23-21-16-27-26(28-19-10-8-18(9-11-19)12-15-31-13-4-5-14-31)29-24(21)32(17-22(23)25(34)30-35)20-6-2-1-3-7-20/h8-11,16-17,20,35H,1-7,12-15H2,(H,30,34)(H,27,28,29). The Balaban J connectivity index is 1.40. The lowest BCUT2D eigenvalue weighted by Crippen LogP contribution is -2.29. The molecule has 2 aromatic heterocycles. The van der Waals surface area contributed by atoms with E-state index in [9.17, 15) is 9.59 Å². The van der Waals surface area contributed by atoms with Gasteiger partial charge in [0.2, 0.25) is 11.4 Å². The summed E-state index contributed by atoms with van der Waals surface area (Å²) in [6, 6.07) is 8.43. The quantitative estimate of drug-likeness (QED) is 0.351. The molecular weight excluding hydrogens is 444 g/mol. The Morgan fingerprint density at radius 1 is 1.06 bits per heavy atom. The summed E-state index contributed by atoms with van der Waals surface area (Å²) in [4.78, 5) is 36.6. The second-order valence-corrected chi connectivity index (χ2v) is 9.56. The van der Waals surface area contributed by atoms with Crippen LogP contribution in [0.25, 0.3) is 11.0 Å². The van der Waals surface area contributed by atoms with Gasteiger partial charge in [-0.15, -0.1) is 0 Å². The van der Waals surface area contributed by atoms with E-state index in [1.54, 1.807) is 5.48 Å². The number of carbonyl (C=O) groups excluding carboxylic acids is 1. The van der Waals surface area contributed by atoms with Crippen molar-refractivity contribution < 1.29 is 10.0 Å². The molecule has 35 heavy (non-hydrogen) atoms. The van der Waals surface area contributed by atoms with E-state index in [1.807, 2.05) is 16.7 Å². The number of hydrogen-bond donors (Lipinski definition) is 3. The number of pyridine rings is 1. The second-order valence-electron chi connectivity index (χ2n) is 9.56. The highest BCUT2D eigenvalue weighted by Crippen LogP contribution is 2.30. The molecule has 0 radical (unpaired) electrons. The number of fused-ring (bicyclic) bond motifs is 1. The minimum absolute atomic E-state index is 0.112. The molecule has 2 fully saturated rings. The molecule has 1 saturated carbocycles. The van der Waals surface area contributed by atoms with Gasteiger partial charge in [0, 0.05) is 30.7 Å². The molecule has 9 heteroatoms. The lowest BCUT2D eigenvalue weighted by molar-refractivity contribution is 0.0704. The van der Waals surface area contributed by atoms with E-state index in [0.29, 0.717) is 11.6 Å². The first-order chi connectivity index (χ1) is 17.1. The molecule has 1 amide bonds. The molecule has 184 valence electrons. The fourth-order valence-electron chi connectivity index (χ4n) is 5.23. The molecule has 1 aliphatic carbocycles. The summed E-state index contributed by atoms with van der Waals surface area (Å²) in [7, 11) is 0. The fourth-order valence-corrected chi connectivity index (χ4v) is 5.23. The van der Waals surface area contributed by atoms with Crippen molar-refractivity contribution in [2.24, 2.45) is 0 Å². The van der Waals surface area contributed by atoms with Crippen LogP contribution in [-0.2, 0) is 6.42 Å². The van der Waals surface area contributed by atoms with Gasteiger partial charge in [-0.3, -0.25) is 14.8 Å². The molecular formula is C26H32N6O3. The minimum Gasteiger partial charge on any atom is -0.328 e. The monoisotopic (exact) mass is 476 g/mol. The summed E-state index contributed by atoms with van der Waals surface area (Å²) in [6.45, 7) is 3.50. The number of nitrogens with zero attached hydrogens (tertiary/aromatic N) is 4. The maximum atomic E-state index is 12.9. The highest BCUT2D eigenvalue weighted by atomic mass is 16.5. The van der Waals surface area contributed by atoms with Crippen molar-refractivity contribution in [3.05, 3.63) is 58.0 Å². The Hall–Kier alpha value is -3.30. The molecule has 0 atom stereocenters. The topological polar surface area (TPSA) is 112 Å². The van der Waals surface area contributed by atoms with Crippen LogP contribution in [0.3, 0.4) is 0 Å². The number of hydrogen-bond acceptors (Lipinski definition) is 7. The Morgan fingerprint density at radius 3 is 2.51 bits per heavy atom. The van der Waals surface area contributed by atoms with Crippen molar-refractivity contribution in [1.29, 1.82) is 0 Å². The summed E-state index contributed by atoms with van der Waals surface area (Å²) in [6.07, 6.45) is 11.9. The van der Waals surface area contributed by atoms with Crippen molar-refractivity contribution in [3.8, 4) is 0 Å². The molecule has 0 unspecified atom stereocenters. The van der Waals surface area contributed by atoms with Gasteiger partial charge in [-0.05, 0) is 62.9 Å². The minimum atomic E-state index is -0.825. The van der Waals surface area contributed by atoms with Crippen molar-refractivity contribution in [1.82, 2.24) is 24.9 Å². The van der Waals surface area contributed by atoms with E-state index in [-0.39, 0.29) is 17.0 Å². The Labute approximate surface area is 204 Å². The Bertz CT molecular complexity index is 1240. The number of benzene rings is 1. The fraction of sp³-hybridized carbons (Fsp3) is 0.462. The van der Waals surface area contributed by atoms with Crippen LogP contribution in [0.15, 0.2) is 41.5 Å². The third-order valence-corrected chi connectivity index (χ3v) is 7.21. The second kappa shape index (κ2) is 10.5. The smallest absolute Gasteiger partial charge is 0.280 e. The largest absolute Gasteiger partial charge is 0.328 e. The Kier molecular flexibility index (Phi) is 7.06. The molecule has 2 aliphatic rings. The Morgan fingerprint density at radius 2 is 1.80 bits per heavy atom. The molecule has 5 rings (SSSR count). The van der Waals surface area contributed by atoms with E-state index >= 15 is 0 Å². The van der Waals surface area contributed by atoms with E-state index in [0.717, 1.165) is 44.3 Å². The van der Waals surface area contributed by atoms with Crippen LogP contribution < -0.4 is 16.2 Å². The molecule has 3 heterocycles. The number of anilines is 2. The van der Waals surface area contributed by atoms with Crippen LogP contribution >= 0.6 is 0 Å². The molecule has 1 aromatic carbocycles. The van der Waals surface area contributed by atoms with Gasteiger partial charge in [0.05, 0.1) is 5.39 Å². The third-order valence-electron chi connectivity index (χ3n) is 7.21. The van der Waals surface area contributed by atoms with E-state index in [2.05, 4.69) is 32.3 Å². The zero-order chi connectivity index (χ0) is 24.2. The van der Waals surface area contributed by atoms with Crippen LogP contribution in [0.2, 0.25) is 0 Å². The van der Waals surface area contributed by atoms with Gasteiger partial charge >= 0.3 is 0 Å². The summed E-state index contributed by atoms with van der Waals surface area (Å²) >= 11 is 0. The van der Waals surface area contributed by atoms with Gasteiger partial charge in [0.15, 0.2) is 0 Å². The van der Waals surface area contributed by atoms with Crippen LogP contribution in [0.5, 0.6) is 0 Å². The molecule has 3 N–H and O–H groups in total. The van der Waals surface area contributed by atoms with Crippen molar-refractivity contribution in [2.75, 3.05) is 25.0 Å². The predicted octanol–water partition coefficient (Wildman–Crippen LogP) is 3.80. The first-order valence-electron chi connectivity index (χ1n) is 12.6. The van der Waals surface area contributed by atoms with Gasteiger partial charge in [0.25, 0.3) is 5.91 Å². The van der Waals surface area contributed by atoms with Crippen LogP contribution in [0, 0.1) is 0 Å². The third kappa shape index (κ3) is 5.21. The number of rotatable bonds is 7. The van der Waals surface area contributed by atoms with Crippen molar-refractivity contribution in [3.63, 3.8) is 0 Å². The molecule has 0 spiro atoms. The van der Waals surface area contributed by atoms with Gasteiger partial charge in [0.1, 0.15) is 11.2 Å². The lowest BCUT2D eigenvalue weighted by Gasteiger charge is -2.26. The van der Waals surface area contributed by atoms with Crippen molar-refractivity contribution >= 4 is 28.6 Å². The average molecular weight is 477 g/mol. The SMILES string of the molecule is O=C(NO)c1cn(C2CCCCC2)c2nc(Nc3ccc(CCN4CCCC4)cc3)ncc2c1=O. The number of carbonyl (C=O) groups is 1. The molecule has 3 aromatic rings. The summed E-state index contributed by atoms with van der Waals surface area (Å²) in [5.41, 5.74) is 3.64. The number of amides is 1. The van der Waals surface area contributed by atoms with E-state index in [1.165, 1.54) is 50.3 Å². The number of hydroxylamine groups is 1. The number of aromatic nitrogens is 3.